The van der Waals surface area contributed by atoms with Gasteiger partial charge < -0.3 is 19.3 Å². The molecule has 1 N–H and O–H groups in total. The van der Waals surface area contributed by atoms with Crippen LogP contribution in [0.1, 0.15) is 74.7 Å². The molecule has 2 rings (SSSR count). The third-order valence-electron chi connectivity index (χ3n) is 7.11. The Morgan fingerprint density at radius 3 is 2.24 bits per heavy atom. The number of aliphatic hydroxyl groups is 1. The van der Waals surface area contributed by atoms with Crippen molar-refractivity contribution in [1.29, 1.82) is 0 Å². The number of fused-ring (bicyclic) bond motifs is 1. The Balaban J connectivity index is 2.54. The molecule has 1 saturated carbocycles. The van der Waals surface area contributed by atoms with Crippen molar-refractivity contribution < 1.29 is 33.7 Å². The molecular weight excluding hydrogens is 424 g/mol. The van der Waals surface area contributed by atoms with Gasteiger partial charge in [0.25, 0.3) is 0 Å². The molecule has 0 radical (unpaired) electrons. The summed E-state index contributed by atoms with van der Waals surface area (Å²) in [7, 11) is 0. The fraction of sp³-hybridized carbons (Fsp3) is 0.731. The minimum Gasteiger partial charge on any atom is -0.460 e. The predicted octanol–water partition coefficient (Wildman–Crippen LogP) is 4.13. The summed E-state index contributed by atoms with van der Waals surface area (Å²) in [6.07, 6.45) is 5.69. The van der Waals surface area contributed by atoms with E-state index in [2.05, 4.69) is 13.0 Å². The smallest absolute Gasteiger partial charge is 0.303 e. The molecule has 2 aliphatic carbocycles. The van der Waals surface area contributed by atoms with Crippen LogP contribution in [0.5, 0.6) is 0 Å². The summed E-state index contributed by atoms with van der Waals surface area (Å²) in [5, 5.41) is 11.4. The lowest BCUT2D eigenvalue weighted by Crippen LogP contribution is -2.45. The normalized spacial score (nSPS) is 35.0. The molecule has 7 heteroatoms. The van der Waals surface area contributed by atoms with E-state index in [1.54, 1.807) is 6.08 Å². The molecule has 33 heavy (non-hydrogen) atoms. The summed E-state index contributed by atoms with van der Waals surface area (Å²) in [6.45, 7) is 13.8. The molecule has 1 fully saturated rings. The zero-order chi connectivity index (χ0) is 25.1. The number of carbonyl (C=O) groups excluding carboxylic acids is 3. The van der Waals surface area contributed by atoms with Crippen molar-refractivity contribution in [2.75, 3.05) is 0 Å². The van der Waals surface area contributed by atoms with E-state index >= 15 is 0 Å². The Morgan fingerprint density at radius 1 is 1.09 bits per heavy atom. The molecule has 0 aromatic heterocycles. The Bertz CT molecular complexity index is 811. The van der Waals surface area contributed by atoms with Gasteiger partial charge in [-0.15, -0.1) is 0 Å². The van der Waals surface area contributed by atoms with Crippen molar-refractivity contribution in [3.63, 3.8) is 0 Å². The number of hydrogen-bond donors (Lipinski definition) is 1. The zero-order valence-corrected chi connectivity index (χ0v) is 21.2. The lowest BCUT2D eigenvalue weighted by atomic mass is 9.68. The topological polar surface area (TPSA) is 99.1 Å². The number of aliphatic hydroxyl groups excluding tert-OH is 1. The van der Waals surface area contributed by atoms with Crippen molar-refractivity contribution >= 4 is 17.9 Å². The highest BCUT2D eigenvalue weighted by molar-refractivity contribution is 5.67. The maximum atomic E-state index is 11.8. The Morgan fingerprint density at radius 2 is 1.70 bits per heavy atom. The third kappa shape index (κ3) is 6.69. The summed E-state index contributed by atoms with van der Waals surface area (Å²) < 4.78 is 16.8. The van der Waals surface area contributed by atoms with Crippen LogP contribution in [0, 0.1) is 23.2 Å². The van der Waals surface area contributed by atoms with Crippen LogP contribution in [0.4, 0.5) is 0 Å². The molecular formula is C26H40O7. The first-order valence-corrected chi connectivity index (χ1v) is 11.7. The van der Waals surface area contributed by atoms with Crippen LogP contribution in [0.3, 0.4) is 0 Å². The SMILES string of the molecule is CC(=O)OC1C=C(C)CC(O)C2C(C(C)(C)OC(C)=O)CCC2(C)C=CC(C)C1OC(C)=O. The molecule has 0 bridgehead atoms. The van der Waals surface area contributed by atoms with Gasteiger partial charge in [-0.2, -0.15) is 0 Å². The summed E-state index contributed by atoms with van der Waals surface area (Å²) >= 11 is 0. The van der Waals surface area contributed by atoms with E-state index in [1.165, 1.54) is 20.8 Å². The first-order valence-electron chi connectivity index (χ1n) is 11.7. The molecule has 0 aromatic rings. The van der Waals surface area contributed by atoms with Crippen LogP contribution in [-0.2, 0) is 28.6 Å². The third-order valence-corrected chi connectivity index (χ3v) is 7.11. The number of ether oxygens (including phenoxy) is 3. The summed E-state index contributed by atoms with van der Waals surface area (Å²) in [6, 6.07) is 0. The lowest BCUT2D eigenvalue weighted by Gasteiger charge is -2.41. The summed E-state index contributed by atoms with van der Waals surface area (Å²) in [4.78, 5) is 35.4. The van der Waals surface area contributed by atoms with E-state index < -0.39 is 35.9 Å². The van der Waals surface area contributed by atoms with Crippen LogP contribution in [0.25, 0.3) is 0 Å². The van der Waals surface area contributed by atoms with E-state index in [1.807, 2.05) is 33.8 Å². The van der Waals surface area contributed by atoms with Crippen LogP contribution in [0.2, 0.25) is 0 Å². The number of esters is 3. The van der Waals surface area contributed by atoms with Gasteiger partial charge in [0.05, 0.1) is 6.10 Å². The van der Waals surface area contributed by atoms with Gasteiger partial charge in [0.2, 0.25) is 0 Å². The maximum absolute atomic E-state index is 11.8. The van der Waals surface area contributed by atoms with E-state index in [0.29, 0.717) is 6.42 Å². The molecule has 0 amide bonds. The first kappa shape index (κ1) is 27.1. The number of rotatable bonds is 4. The quantitative estimate of drug-likeness (QED) is 0.379. The van der Waals surface area contributed by atoms with Gasteiger partial charge in [0, 0.05) is 38.5 Å². The molecule has 2 aliphatic rings. The Labute approximate surface area is 197 Å². The van der Waals surface area contributed by atoms with Gasteiger partial charge in [-0.1, -0.05) is 31.6 Å². The predicted molar refractivity (Wildman–Crippen MR) is 124 cm³/mol. The second-order valence-electron chi connectivity index (χ2n) is 10.5. The Kier molecular flexibility index (Phi) is 8.55. The molecule has 0 aromatic carbocycles. The molecule has 0 aliphatic heterocycles. The van der Waals surface area contributed by atoms with E-state index in [9.17, 15) is 19.5 Å². The van der Waals surface area contributed by atoms with E-state index in [0.717, 1.165) is 18.4 Å². The molecule has 0 spiro atoms. The summed E-state index contributed by atoms with van der Waals surface area (Å²) in [5.41, 5.74) is -0.246. The number of allylic oxidation sites excluding steroid dienone is 1. The highest BCUT2D eigenvalue weighted by Gasteiger charge is 2.53. The average Bonchev–Trinajstić information content (AvgIpc) is 3.00. The zero-order valence-electron chi connectivity index (χ0n) is 21.2. The van der Waals surface area contributed by atoms with E-state index in [4.69, 9.17) is 14.2 Å². The van der Waals surface area contributed by atoms with Gasteiger partial charge >= 0.3 is 17.9 Å². The summed E-state index contributed by atoms with van der Waals surface area (Å²) in [5.74, 6) is -1.70. The fourth-order valence-electron chi connectivity index (χ4n) is 5.74. The molecule has 7 nitrogen and oxygen atoms in total. The minimum atomic E-state index is -0.766. The van der Waals surface area contributed by atoms with Gasteiger partial charge in [0.1, 0.15) is 11.7 Å². The fourth-order valence-corrected chi connectivity index (χ4v) is 5.74. The van der Waals surface area contributed by atoms with Gasteiger partial charge in [-0.3, -0.25) is 14.4 Å². The largest absolute Gasteiger partial charge is 0.460 e. The van der Waals surface area contributed by atoms with E-state index in [-0.39, 0.29) is 29.1 Å². The molecule has 0 saturated heterocycles. The molecule has 7 atom stereocenters. The Hall–Kier alpha value is -2.15. The van der Waals surface area contributed by atoms with Gasteiger partial charge in [-0.25, -0.2) is 0 Å². The monoisotopic (exact) mass is 464 g/mol. The van der Waals surface area contributed by atoms with Crippen molar-refractivity contribution in [3.8, 4) is 0 Å². The second-order valence-corrected chi connectivity index (χ2v) is 10.5. The molecule has 186 valence electrons. The number of carbonyl (C=O) groups is 3. The van der Waals surface area contributed by atoms with Gasteiger partial charge in [-0.05, 0) is 51.5 Å². The highest BCUT2D eigenvalue weighted by atomic mass is 16.6. The van der Waals surface area contributed by atoms with Crippen molar-refractivity contribution in [3.05, 3.63) is 23.8 Å². The lowest BCUT2D eigenvalue weighted by molar-refractivity contribution is -0.164. The molecule has 7 unspecified atom stereocenters. The van der Waals surface area contributed by atoms with Crippen LogP contribution in [-0.4, -0.2) is 46.9 Å². The van der Waals surface area contributed by atoms with Crippen LogP contribution in [0.15, 0.2) is 23.8 Å². The van der Waals surface area contributed by atoms with Crippen molar-refractivity contribution in [2.24, 2.45) is 23.2 Å². The molecule has 0 heterocycles. The van der Waals surface area contributed by atoms with Crippen LogP contribution >= 0.6 is 0 Å². The average molecular weight is 465 g/mol. The number of hydrogen-bond acceptors (Lipinski definition) is 7. The van der Waals surface area contributed by atoms with Crippen molar-refractivity contribution in [2.45, 2.75) is 98.6 Å². The maximum Gasteiger partial charge on any atom is 0.303 e. The van der Waals surface area contributed by atoms with Crippen molar-refractivity contribution in [1.82, 2.24) is 0 Å². The standard InChI is InChI=1S/C26H40O7/c1-15-13-21(30)23-20(25(6,7)33-19(5)29)10-12-26(23,8)11-9-16(2)24(32-18(4)28)22(14-15)31-17(3)27/h9,11,14,16,20-24,30H,10,12-13H2,1-8H3. The first-order chi connectivity index (χ1) is 15.2. The minimum absolute atomic E-state index is 0.0385. The second kappa shape index (κ2) is 10.4. The van der Waals surface area contributed by atoms with Crippen LogP contribution < -0.4 is 0 Å². The highest BCUT2D eigenvalue weighted by Crippen LogP contribution is 2.55. The van der Waals surface area contributed by atoms with Gasteiger partial charge in [0.15, 0.2) is 6.10 Å².